The van der Waals surface area contributed by atoms with E-state index in [0.29, 0.717) is 6.54 Å². The molecule has 0 bridgehead atoms. The molecule has 0 aliphatic heterocycles. The average Bonchev–Trinajstić information content (AvgIpc) is 3.14. The molecule has 128 valence electrons. The molecule has 3 aromatic rings. The zero-order chi connectivity index (χ0) is 17.5. The molecule has 3 rings (SSSR count). The Kier molecular flexibility index (Phi) is 5.52. The summed E-state index contributed by atoms with van der Waals surface area (Å²) in [6.07, 6.45) is 2.37. The molecule has 0 fully saturated rings. The molecular weight excluding hydrogens is 314 g/mol. The second-order valence-electron chi connectivity index (χ2n) is 5.89. The summed E-state index contributed by atoms with van der Waals surface area (Å²) in [4.78, 5) is 13.9. The number of likely N-dealkylation sites (N-methyl/N-ethyl adjacent to an activating group) is 1. The van der Waals surface area contributed by atoms with Crippen LogP contribution in [-0.2, 0) is 17.8 Å². The lowest BCUT2D eigenvalue weighted by Gasteiger charge is -2.17. The van der Waals surface area contributed by atoms with E-state index in [9.17, 15) is 4.79 Å². The molecule has 1 heterocycles. The quantitative estimate of drug-likeness (QED) is 0.657. The third kappa shape index (κ3) is 4.73. The summed E-state index contributed by atoms with van der Waals surface area (Å²) in [7, 11) is 1.74. The van der Waals surface area contributed by atoms with E-state index in [-0.39, 0.29) is 12.5 Å². The number of para-hydroxylation sites is 1. The molecular formula is C21H21NO3. The molecule has 0 saturated heterocycles. The van der Waals surface area contributed by atoms with Crippen LogP contribution in [0.4, 0.5) is 0 Å². The molecule has 0 radical (unpaired) electrons. The van der Waals surface area contributed by atoms with Crippen LogP contribution in [0.1, 0.15) is 16.9 Å². The van der Waals surface area contributed by atoms with Gasteiger partial charge in [-0.1, -0.05) is 48.5 Å². The number of amides is 1. The molecule has 0 unspecified atom stereocenters. The largest absolute Gasteiger partial charge is 0.483 e. The molecule has 0 atom stereocenters. The maximum atomic E-state index is 12.3. The van der Waals surface area contributed by atoms with Crippen LogP contribution in [0, 0.1) is 0 Å². The molecule has 0 N–H and O–H groups in total. The lowest BCUT2D eigenvalue weighted by Crippen LogP contribution is -2.30. The highest BCUT2D eigenvalue weighted by Gasteiger charge is 2.13. The maximum Gasteiger partial charge on any atom is 0.260 e. The minimum atomic E-state index is -0.0917. The van der Waals surface area contributed by atoms with E-state index < -0.39 is 0 Å². The van der Waals surface area contributed by atoms with Crippen LogP contribution in [0.25, 0.3) is 0 Å². The molecule has 4 heteroatoms. The van der Waals surface area contributed by atoms with E-state index in [1.807, 2.05) is 54.6 Å². The van der Waals surface area contributed by atoms with Crippen LogP contribution in [-0.4, -0.2) is 24.5 Å². The Morgan fingerprint density at radius 2 is 1.76 bits per heavy atom. The highest BCUT2D eigenvalue weighted by atomic mass is 16.5. The number of nitrogens with zero attached hydrogens (tertiary/aromatic N) is 1. The molecule has 0 saturated carbocycles. The van der Waals surface area contributed by atoms with Crippen LogP contribution < -0.4 is 4.74 Å². The molecule has 2 aromatic carbocycles. The van der Waals surface area contributed by atoms with Gasteiger partial charge in [0.15, 0.2) is 6.61 Å². The molecule has 0 aliphatic rings. The van der Waals surface area contributed by atoms with Crippen LogP contribution in [0.5, 0.6) is 5.75 Å². The van der Waals surface area contributed by atoms with Gasteiger partial charge in [0.25, 0.3) is 5.91 Å². The molecule has 0 spiro atoms. The SMILES string of the molecule is CN(Cc1ccco1)C(=O)COc1ccccc1Cc1ccccc1. The predicted octanol–water partition coefficient (Wildman–Crippen LogP) is 3.91. The van der Waals surface area contributed by atoms with Crippen molar-refractivity contribution in [3.8, 4) is 5.75 Å². The third-order valence-corrected chi connectivity index (χ3v) is 3.96. The van der Waals surface area contributed by atoms with Gasteiger partial charge in [-0.2, -0.15) is 0 Å². The normalized spacial score (nSPS) is 10.4. The van der Waals surface area contributed by atoms with E-state index >= 15 is 0 Å². The number of rotatable bonds is 7. The van der Waals surface area contributed by atoms with Gasteiger partial charge in [-0.05, 0) is 29.3 Å². The van der Waals surface area contributed by atoms with Gasteiger partial charge < -0.3 is 14.1 Å². The van der Waals surface area contributed by atoms with Crippen molar-refractivity contribution in [3.05, 3.63) is 89.9 Å². The Bertz CT molecular complexity index is 797. The summed E-state index contributed by atoms with van der Waals surface area (Å²) in [5.41, 5.74) is 2.27. The van der Waals surface area contributed by atoms with Crippen molar-refractivity contribution >= 4 is 5.91 Å². The molecule has 1 aromatic heterocycles. The maximum absolute atomic E-state index is 12.3. The van der Waals surface area contributed by atoms with Crippen molar-refractivity contribution in [3.63, 3.8) is 0 Å². The van der Waals surface area contributed by atoms with Crippen molar-refractivity contribution in [2.75, 3.05) is 13.7 Å². The number of benzene rings is 2. The smallest absolute Gasteiger partial charge is 0.260 e. The Morgan fingerprint density at radius 3 is 2.52 bits per heavy atom. The topological polar surface area (TPSA) is 42.7 Å². The fraction of sp³-hybridized carbons (Fsp3) is 0.190. The zero-order valence-corrected chi connectivity index (χ0v) is 14.2. The second-order valence-corrected chi connectivity index (χ2v) is 5.89. The van der Waals surface area contributed by atoms with Gasteiger partial charge in [-0.15, -0.1) is 0 Å². The van der Waals surface area contributed by atoms with Crippen molar-refractivity contribution < 1.29 is 13.9 Å². The monoisotopic (exact) mass is 335 g/mol. The molecule has 1 amide bonds. The van der Waals surface area contributed by atoms with E-state index in [2.05, 4.69) is 12.1 Å². The molecule has 4 nitrogen and oxygen atoms in total. The first-order valence-electron chi connectivity index (χ1n) is 8.23. The first kappa shape index (κ1) is 16.8. The minimum Gasteiger partial charge on any atom is -0.483 e. The van der Waals surface area contributed by atoms with Crippen molar-refractivity contribution in [1.29, 1.82) is 0 Å². The summed E-state index contributed by atoms with van der Waals surface area (Å²) in [5, 5.41) is 0. The van der Waals surface area contributed by atoms with Crippen molar-refractivity contribution in [2.24, 2.45) is 0 Å². The summed E-state index contributed by atoms with van der Waals surface area (Å²) >= 11 is 0. The van der Waals surface area contributed by atoms with Crippen LogP contribution in [0.3, 0.4) is 0 Å². The van der Waals surface area contributed by atoms with Gasteiger partial charge >= 0.3 is 0 Å². The first-order chi connectivity index (χ1) is 12.2. The third-order valence-electron chi connectivity index (χ3n) is 3.96. The van der Waals surface area contributed by atoms with E-state index in [1.165, 1.54) is 5.56 Å². The number of hydrogen-bond donors (Lipinski definition) is 0. The van der Waals surface area contributed by atoms with Gasteiger partial charge in [-0.25, -0.2) is 0 Å². The standard InChI is InChI=1S/C21H21NO3/c1-22(15-19-11-7-13-24-19)21(23)16-25-20-12-6-5-10-18(20)14-17-8-3-2-4-9-17/h2-13H,14-16H2,1H3. The fourth-order valence-electron chi connectivity index (χ4n) is 2.58. The average molecular weight is 335 g/mol. The Morgan fingerprint density at radius 1 is 1.00 bits per heavy atom. The number of furan rings is 1. The summed E-state index contributed by atoms with van der Waals surface area (Å²) in [5.74, 6) is 1.40. The fourth-order valence-corrected chi connectivity index (χ4v) is 2.58. The number of carbonyl (C=O) groups excluding carboxylic acids is 1. The predicted molar refractivity (Wildman–Crippen MR) is 96.4 cm³/mol. The van der Waals surface area contributed by atoms with Crippen molar-refractivity contribution in [2.45, 2.75) is 13.0 Å². The Hall–Kier alpha value is -3.01. The van der Waals surface area contributed by atoms with Crippen LogP contribution in [0.2, 0.25) is 0 Å². The summed E-state index contributed by atoms with van der Waals surface area (Å²) in [6, 6.07) is 21.7. The zero-order valence-electron chi connectivity index (χ0n) is 14.2. The van der Waals surface area contributed by atoms with Gasteiger partial charge in [0.1, 0.15) is 11.5 Å². The van der Waals surface area contributed by atoms with E-state index in [0.717, 1.165) is 23.5 Å². The lowest BCUT2D eigenvalue weighted by atomic mass is 10.0. The lowest BCUT2D eigenvalue weighted by molar-refractivity contribution is -0.132. The second kappa shape index (κ2) is 8.20. The first-order valence-corrected chi connectivity index (χ1v) is 8.23. The van der Waals surface area contributed by atoms with E-state index in [1.54, 1.807) is 18.2 Å². The van der Waals surface area contributed by atoms with Gasteiger partial charge in [0, 0.05) is 13.5 Å². The summed E-state index contributed by atoms with van der Waals surface area (Å²) < 4.78 is 11.1. The van der Waals surface area contributed by atoms with Crippen molar-refractivity contribution in [1.82, 2.24) is 4.90 Å². The number of ether oxygens (including phenoxy) is 1. The van der Waals surface area contributed by atoms with Gasteiger partial charge in [0.05, 0.1) is 12.8 Å². The Balaban J connectivity index is 1.60. The minimum absolute atomic E-state index is 0.00299. The van der Waals surface area contributed by atoms with Gasteiger partial charge in [0.2, 0.25) is 0 Å². The molecule has 25 heavy (non-hydrogen) atoms. The molecule has 0 aliphatic carbocycles. The number of hydrogen-bond acceptors (Lipinski definition) is 3. The van der Waals surface area contributed by atoms with Gasteiger partial charge in [-0.3, -0.25) is 4.79 Å². The Labute approximate surface area is 147 Å². The highest BCUT2D eigenvalue weighted by Crippen LogP contribution is 2.21. The van der Waals surface area contributed by atoms with Crippen LogP contribution >= 0.6 is 0 Å². The highest BCUT2D eigenvalue weighted by molar-refractivity contribution is 5.77. The summed E-state index contributed by atoms with van der Waals surface area (Å²) in [6.45, 7) is 0.434. The number of carbonyl (C=O) groups is 1. The van der Waals surface area contributed by atoms with Crippen LogP contribution in [0.15, 0.2) is 77.4 Å². The van der Waals surface area contributed by atoms with E-state index in [4.69, 9.17) is 9.15 Å².